The number of pyridine rings is 1. The number of urea groups is 1. The summed E-state index contributed by atoms with van der Waals surface area (Å²) in [6, 6.07) is 16.6. The lowest BCUT2D eigenvalue weighted by Crippen LogP contribution is -2.61. The monoisotopic (exact) mass is 572 g/mol. The number of carbonyl (C=O) groups excluding carboxylic acids is 3. The van der Waals surface area contributed by atoms with Crippen LogP contribution in [0.1, 0.15) is 13.8 Å². The minimum Gasteiger partial charge on any atom is -0.493 e. The molecule has 216 valence electrons. The van der Waals surface area contributed by atoms with Gasteiger partial charge in [0.1, 0.15) is 11.7 Å². The van der Waals surface area contributed by atoms with E-state index < -0.39 is 29.6 Å². The second kappa shape index (κ2) is 11.7. The van der Waals surface area contributed by atoms with E-state index in [9.17, 15) is 14.4 Å². The highest BCUT2D eigenvalue weighted by atomic mass is 19.1. The molecule has 2 heterocycles. The molecule has 1 aliphatic heterocycles. The third-order valence-corrected chi connectivity index (χ3v) is 6.92. The Bertz CT molecular complexity index is 1660. The molecule has 10 nitrogen and oxygen atoms in total. The Morgan fingerprint density at radius 3 is 2.33 bits per heavy atom. The number of rotatable bonds is 8. The number of benzene rings is 3. The Labute approximate surface area is 241 Å². The molecule has 1 fully saturated rings. The molecule has 0 spiro atoms. The Morgan fingerprint density at radius 1 is 0.952 bits per heavy atom. The van der Waals surface area contributed by atoms with E-state index in [0.717, 1.165) is 11.0 Å². The minimum absolute atomic E-state index is 0.0872. The van der Waals surface area contributed by atoms with Gasteiger partial charge in [0.05, 0.1) is 25.4 Å². The third-order valence-electron chi connectivity index (χ3n) is 6.92. The van der Waals surface area contributed by atoms with Crippen molar-refractivity contribution in [2.45, 2.75) is 19.9 Å². The van der Waals surface area contributed by atoms with Gasteiger partial charge >= 0.3 is 6.03 Å². The zero-order valence-electron chi connectivity index (χ0n) is 23.5. The van der Waals surface area contributed by atoms with Crippen molar-refractivity contribution in [1.29, 1.82) is 0 Å². The summed E-state index contributed by atoms with van der Waals surface area (Å²) in [4.78, 5) is 46.5. The number of hydrogen-bond acceptors (Lipinski definition) is 7. The molecule has 0 aliphatic carbocycles. The number of fused-ring (bicyclic) bond motifs is 1. The highest BCUT2D eigenvalue weighted by molar-refractivity contribution is 6.23. The van der Waals surface area contributed by atoms with Crippen LogP contribution in [-0.2, 0) is 9.59 Å². The van der Waals surface area contributed by atoms with E-state index >= 15 is 4.39 Å². The summed E-state index contributed by atoms with van der Waals surface area (Å²) >= 11 is 0. The zero-order valence-corrected chi connectivity index (χ0v) is 23.5. The van der Waals surface area contributed by atoms with Crippen molar-refractivity contribution in [3.8, 4) is 23.0 Å². The van der Waals surface area contributed by atoms with Crippen LogP contribution in [-0.4, -0.2) is 54.5 Å². The summed E-state index contributed by atoms with van der Waals surface area (Å²) in [5, 5.41) is 3.20. The first kappa shape index (κ1) is 28.3. The van der Waals surface area contributed by atoms with Crippen LogP contribution in [0.25, 0.3) is 10.9 Å². The number of imide groups is 1. The molecule has 1 aliphatic rings. The number of halogens is 1. The van der Waals surface area contributed by atoms with Gasteiger partial charge in [-0.1, -0.05) is 18.2 Å². The number of carbonyl (C=O) groups is 3. The molecule has 42 heavy (non-hydrogen) atoms. The lowest BCUT2D eigenvalue weighted by atomic mass is 10.0. The van der Waals surface area contributed by atoms with Gasteiger partial charge in [-0.25, -0.2) is 14.1 Å². The molecule has 1 N–H and O–H groups in total. The topological polar surface area (TPSA) is 110 Å². The molecule has 1 aromatic heterocycles. The van der Waals surface area contributed by atoms with Gasteiger partial charge in [0.15, 0.2) is 23.1 Å². The SMILES string of the molecule is COc1cc2nccc(Oc3ccc(NC(=O)C4CN(C(C)C)C(=O)N(c5ccccc5)C4=O)cc3F)c2cc1OC. The first-order chi connectivity index (χ1) is 20.2. The van der Waals surface area contributed by atoms with Crippen molar-refractivity contribution in [1.82, 2.24) is 9.88 Å². The van der Waals surface area contributed by atoms with E-state index in [1.807, 2.05) is 0 Å². The van der Waals surface area contributed by atoms with Gasteiger partial charge in [0.2, 0.25) is 11.8 Å². The first-order valence-corrected chi connectivity index (χ1v) is 13.2. The van der Waals surface area contributed by atoms with Gasteiger partial charge in [-0.15, -0.1) is 0 Å². The number of amides is 4. The van der Waals surface area contributed by atoms with Crippen LogP contribution in [0.4, 0.5) is 20.6 Å². The number of para-hydroxylation sites is 1. The smallest absolute Gasteiger partial charge is 0.331 e. The Balaban J connectivity index is 1.37. The average molecular weight is 573 g/mol. The summed E-state index contributed by atoms with van der Waals surface area (Å²) in [7, 11) is 3.02. The largest absolute Gasteiger partial charge is 0.493 e. The highest BCUT2D eigenvalue weighted by Gasteiger charge is 2.44. The van der Waals surface area contributed by atoms with Crippen LogP contribution in [0, 0.1) is 11.7 Å². The molecular weight excluding hydrogens is 543 g/mol. The van der Waals surface area contributed by atoms with Gasteiger partial charge in [0.25, 0.3) is 0 Å². The Hall–Kier alpha value is -5.19. The number of nitrogens with one attached hydrogen (secondary N) is 1. The maximum atomic E-state index is 15.2. The average Bonchev–Trinajstić information content (AvgIpc) is 2.98. The third kappa shape index (κ3) is 5.40. The quantitative estimate of drug-likeness (QED) is 0.273. The van der Waals surface area contributed by atoms with Crippen molar-refractivity contribution in [3.63, 3.8) is 0 Å². The lowest BCUT2D eigenvalue weighted by molar-refractivity contribution is -0.132. The molecular formula is C31H29FN4O6. The Morgan fingerprint density at radius 2 is 1.67 bits per heavy atom. The summed E-state index contributed by atoms with van der Waals surface area (Å²) in [5.41, 5.74) is 1.05. The van der Waals surface area contributed by atoms with Crippen LogP contribution in [0.15, 0.2) is 72.9 Å². The second-order valence-electron chi connectivity index (χ2n) is 9.86. The molecule has 0 bridgehead atoms. The van der Waals surface area contributed by atoms with Gasteiger partial charge in [0, 0.05) is 42.0 Å². The molecule has 4 aromatic rings. The predicted molar refractivity (Wildman–Crippen MR) is 155 cm³/mol. The number of methoxy groups -OCH3 is 2. The summed E-state index contributed by atoms with van der Waals surface area (Å²) in [6.45, 7) is 3.51. The molecule has 0 radical (unpaired) electrons. The fourth-order valence-corrected chi connectivity index (χ4v) is 4.72. The van der Waals surface area contributed by atoms with Gasteiger partial charge < -0.3 is 24.4 Å². The Kier molecular flexibility index (Phi) is 7.92. The molecule has 5 rings (SSSR count). The van der Waals surface area contributed by atoms with Crippen molar-refractivity contribution < 1.29 is 33.0 Å². The van der Waals surface area contributed by atoms with E-state index in [4.69, 9.17) is 14.2 Å². The molecule has 11 heteroatoms. The van der Waals surface area contributed by atoms with Crippen molar-refractivity contribution in [2.24, 2.45) is 5.92 Å². The summed E-state index contributed by atoms with van der Waals surface area (Å²) in [5.74, 6) is -2.05. The van der Waals surface area contributed by atoms with Crippen molar-refractivity contribution >= 4 is 40.1 Å². The van der Waals surface area contributed by atoms with Crippen molar-refractivity contribution in [3.05, 3.63) is 78.7 Å². The standard InChI is InChI=1S/C31H29FN4O6/c1-18(2)35-17-22(30(38)36(31(35)39)20-8-6-5-7-9-20)29(37)34-19-10-11-26(23(32)14-19)42-25-12-13-33-24-16-28(41-4)27(40-3)15-21(24)25/h5-16,18,22H,17H2,1-4H3,(H,34,37). The fraction of sp³-hybridized carbons (Fsp3) is 0.226. The number of aromatic nitrogens is 1. The molecule has 1 unspecified atom stereocenters. The van der Waals surface area contributed by atoms with E-state index in [-0.39, 0.29) is 24.0 Å². The number of anilines is 2. The molecule has 1 saturated heterocycles. The van der Waals surface area contributed by atoms with E-state index in [1.165, 1.54) is 37.4 Å². The van der Waals surface area contributed by atoms with E-state index in [0.29, 0.717) is 33.8 Å². The van der Waals surface area contributed by atoms with Crippen LogP contribution in [0.3, 0.4) is 0 Å². The van der Waals surface area contributed by atoms with Gasteiger partial charge in [-0.3, -0.25) is 14.6 Å². The molecule has 3 aromatic carbocycles. The van der Waals surface area contributed by atoms with Gasteiger partial charge in [-0.2, -0.15) is 0 Å². The normalized spacial score (nSPS) is 15.2. The number of nitrogens with zero attached hydrogens (tertiary/aromatic N) is 3. The second-order valence-corrected chi connectivity index (χ2v) is 9.86. The van der Waals surface area contributed by atoms with E-state index in [2.05, 4.69) is 10.3 Å². The van der Waals surface area contributed by atoms with Crippen LogP contribution in [0.5, 0.6) is 23.0 Å². The predicted octanol–water partition coefficient (Wildman–Crippen LogP) is 5.62. The maximum absolute atomic E-state index is 15.2. The van der Waals surface area contributed by atoms with Crippen LogP contribution in [0.2, 0.25) is 0 Å². The fourth-order valence-electron chi connectivity index (χ4n) is 4.72. The number of ether oxygens (including phenoxy) is 3. The maximum Gasteiger partial charge on any atom is 0.331 e. The summed E-state index contributed by atoms with van der Waals surface area (Å²) < 4.78 is 31.8. The molecule has 0 saturated carbocycles. The van der Waals surface area contributed by atoms with E-state index in [1.54, 1.807) is 62.4 Å². The number of hydrogen-bond donors (Lipinski definition) is 1. The zero-order chi connectivity index (χ0) is 30.0. The van der Waals surface area contributed by atoms with Crippen molar-refractivity contribution in [2.75, 3.05) is 31.0 Å². The first-order valence-electron chi connectivity index (χ1n) is 13.2. The molecule has 4 amide bonds. The molecule has 1 atom stereocenters. The van der Waals surface area contributed by atoms with Crippen LogP contribution < -0.4 is 24.4 Å². The van der Waals surface area contributed by atoms with Crippen LogP contribution >= 0.6 is 0 Å². The minimum atomic E-state index is -1.19. The highest BCUT2D eigenvalue weighted by Crippen LogP contribution is 2.37. The van der Waals surface area contributed by atoms with Gasteiger partial charge in [-0.05, 0) is 50.2 Å². The lowest BCUT2D eigenvalue weighted by Gasteiger charge is -2.39. The summed E-state index contributed by atoms with van der Waals surface area (Å²) in [6.07, 6.45) is 1.53.